The van der Waals surface area contributed by atoms with Crippen molar-refractivity contribution in [3.8, 4) is 11.5 Å². The van der Waals surface area contributed by atoms with Crippen molar-refractivity contribution in [3.05, 3.63) is 54.9 Å². The minimum atomic E-state index is -0.640. The maximum Gasteiger partial charge on any atom is 0.209 e. The van der Waals surface area contributed by atoms with E-state index in [1.807, 2.05) is 36.4 Å². The minimum absolute atomic E-state index is 0.192. The molecule has 1 atom stereocenters. The van der Waals surface area contributed by atoms with E-state index in [1.54, 1.807) is 30.1 Å². The van der Waals surface area contributed by atoms with Crippen LogP contribution < -0.4 is 9.47 Å². The standard InChI is InChI=1S/C19H18N4O3S/c1-25-14-6-8-15(9-7-14)26-10-13(24)11-27-19-21-18-16-4-2-3-5-17(16)20-12-23(18)22-19/h2-9,12-13,24H,10-11H2,1H3/t13-/m1/s1. The molecule has 2 aromatic heterocycles. The Labute approximate surface area is 160 Å². The summed E-state index contributed by atoms with van der Waals surface area (Å²) < 4.78 is 12.4. The summed E-state index contributed by atoms with van der Waals surface area (Å²) in [5.74, 6) is 1.87. The van der Waals surface area contributed by atoms with Crippen LogP contribution >= 0.6 is 11.8 Å². The van der Waals surface area contributed by atoms with Crippen molar-refractivity contribution >= 4 is 28.3 Å². The molecule has 138 valence electrons. The molecule has 0 aliphatic rings. The Morgan fingerprint density at radius 1 is 1.11 bits per heavy atom. The molecule has 0 saturated carbocycles. The molecule has 2 heterocycles. The molecule has 7 nitrogen and oxygen atoms in total. The van der Waals surface area contributed by atoms with Gasteiger partial charge in [-0.3, -0.25) is 0 Å². The second-order valence-electron chi connectivity index (χ2n) is 5.88. The Balaban J connectivity index is 1.37. The fourth-order valence-electron chi connectivity index (χ4n) is 2.60. The lowest BCUT2D eigenvalue weighted by molar-refractivity contribution is 0.126. The molecule has 4 aromatic rings. The second-order valence-corrected chi connectivity index (χ2v) is 6.86. The van der Waals surface area contributed by atoms with E-state index in [0.29, 0.717) is 16.7 Å². The second kappa shape index (κ2) is 7.81. The van der Waals surface area contributed by atoms with Crippen molar-refractivity contribution in [2.45, 2.75) is 11.3 Å². The van der Waals surface area contributed by atoms with Crippen molar-refractivity contribution in [3.63, 3.8) is 0 Å². The zero-order valence-corrected chi connectivity index (χ0v) is 15.5. The van der Waals surface area contributed by atoms with Crippen LogP contribution in [-0.2, 0) is 0 Å². The summed E-state index contributed by atoms with van der Waals surface area (Å²) in [6, 6.07) is 15.0. The predicted molar refractivity (Wildman–Crippen MR) is 104 cm³/mol. The molecule has 0 saturated heterocycles. The van der Waals surface area contributed by atoms with Crippen LogP contribution in [0.15, 0.2) is 60.0 Å². The summed E-state index contributed by atoms with van der Waals surface area (Å²) in [5.41, 5.74) is 1.63. The summed E-state index contributed by atoms with van der Waals surface area (Å²) in [5, 5.41) is 16.1. The number of fused-ring (bicyclic) bond motifs is 3. The van der Waals surface area contributed by atoms with Gasteiger partial charge < -0.3 is 14.6 Å². The van der Waals surface area contributed by atoms with Crippen LogP contribution in [-0.4, -0.2) is 50.3 Å². The fraction of sp³-hybridized carbons (Fsp3) is 0.211. The lowest BCUT2D eigenvalue weighted by atomic mass is 10.2. The first-order valence-corrected chi connectivity index (χ1v) is 9.39. The van der Waals surface area contributed by atoms with E-state index in [-0.39, 0.29) is 6.61 Å². The Kier molecular flexibility index (Phi) is 5.08. The molecule has 0 radical (unpaired) electrons. The number of benzene rings is 2. The molecule has 1 N–H and O–H groups in total. The number of hydrogen-bond acceptors (Lipinski definition) is 7. The highest BCUT2D eigenvalue weighted by Gasteiger charge is 2.12. The van der Waals surface area contributed by atoms with E-state index < -0.39 is 6.10 Å². The van der Waals surface area contributed by atoms with E-state index in [9.17, 15) is 5.11 Å². The first-order chi connectivity index (χ1) is 13.2. The van der Waals surface area contributed by atoms with Crippen molar-refractivity contribution in [1.29, 1.82) is 0 Å². The Bertz CT molecular complexity index is 1050. The molecular formula is C19H18N4O3S. The summed E-state index contributed by atoms with van der Waals surface area (Å²) >= 11 is 1.38. The summed E-state index contributed by atoms with van der Waals surface area (Å²) in [7, 11) is 1.61. The lowest BCUT2D eigenvalue weighted by Gasteiger charge is -2.11. The van der Waals surface area contributed by atoms with Crippen LogP contribution in [0.3, 0.4) is 0 Å². The highest BCUT2D eigenvalue weighted by atomic mass is 32.2. The molecule has 0 fully saturated rings. The maximum absolute atomic E-state index is 10.2. The van der Waals surface area contributed by atoms with Crippen molar-refractivity contribution in [1.82, 2.24) is 19.6 Å². The molecular weight excluding hydrogens is 364 g/mol. The summed E-state index contributed by atoms with van der Waals surface area (Å²) in [4.78, 5) is 8.93. The molecule has 0 aliphatic carbocycles. The van der Waals surface area contributed by atoms with Crippen LogP contribution in [0.25, 0.3) is 16.6 Å². The molecule has 27 heavy (non-hydrogen) atoms. The molecule has 2 aromatic carbocycles. The zero-order valence-electron chi connectivity index (χ0n) is 14.6. The van der Waals surface area contributed by atoms with Crippen LogP contribution in [0, 0.1) is 0 Å². The number of aliphatic hydroxyl groups is 1. The van der Waals surface area contributed by atoms with E-state index in [4.69, 9.17) is 9.47 Å². The molecule has 8 heteroatoms. The number of aromatic nitrogens is 4. The van der Waals surface area contributed by atoms with Crippen LogP contribution in [0.5, 0.6) is 11.5 Å². The Hall–Kier alpha value is -2.84. The van der Waals surface area contributed by atoms with Gasteiger partial charge in [0.25, 0.3) is 0 Å². The number of methoxy groups -OCH3 is 1. The monoisotopic (exact) mass is 382 g/mol. The van der Waals surface area contributed by atoms with Crippen LogP contribution in [0.1, 0.15) is 0 Å². The minimum Gasteiger partial charge on any atom is -0.497 e. The van der Waals surface area contributed by atoms with Gasteiger partial charge in [-0.05, 0) is 36.4 Å². The molecule has 4 rings (SSSR count). The van der Waals surface area contributed by atoms with Gasteiger partial charge >= 0.3 is 0 Å². The number of rotatable bonds is 7. The van der Waals surface area contributed by atoms with Gasteiger partial charge in [-0.2, -0.15) is 0 Å². The van der Waals surface area contributed by atoms with Gasteiger partial charge in [-0.25, -0.2) is 14.5 Å². The number of nitrogens with zero attached hydrogens (tertiary/aromatic N) is 4. The van der Waals surface area contributed by atoms with Gasteiger partial charge in [0.05, 0.1) is 18.7 Å². The third-order valence-corrected chi connectivity index (χ3v) is 4.95. The van der Waals surface area contributed by atoms with Gasteiger partial charge in [0.2, 0.25) is 5.16 Å². The molecule has 0 amide bonds. The quantitative estimate of drug-likeness (QED) is 0.492. The first kappa shape index (κ1) is 17.6. The zero-order chi connectivity index (χ0) is 18.6. The predicted octanol–water partition coefficient (Wildman–Crippen LogP) is 2.82. The van der Waals surface area contributed by atoms with E-state index in [0.717, 1.165) is 22.3 Å². The normalized spacial score (nSPS) is 12.4. The third kappa shape index (κ3) is 3.96. The summed E-state index contributed by atoms with van der Waals surface area (Å²) in [6.07, 6.45) is 1.01. The SMILES string of the molecule is COc1ccc(OC[C@@H](O)CSc2nc3c4ccccc4ncn3n2)cc1. The molecule has 0 unspecified atom stereocenters. The van der Waals surface area contributed by atoms with Gasteiger partial charge in [-0.15, -0.1) is 5.10 Å². The van der Waals surface area contributed by atoms with E-state index in [2.05, 4.69) is 15.1 Å². The first-order valence-electron chi connectivity index (χ1n) is 8.41. The average molecular weight is 382 g/mol. The number of hydrogen-bond donors (Lipinski definition) is 1. The molecule has 0 bridgehead atoms. The van der Waals surface area contributed by atoms with Crippen molar-refractivity contribution in [2.24, 2.45) is 0 Å². The smallest absolute Gasteiger partial charge is 0.209 e. The third-order valence-electron chi connectivity index (χ3n) is 3.97. The molecule has 0 aliphatic heterocycles. The number of para-hydroxylation sites is 1. The van der Waals surface area contributed by atoms with Crippen LogP contribution in [0.2, 0.25) is 0 Å². The van der Waals surface area contributed by atoms with Gasteiger partial charge in [0.15, 0.2) is 5.65 Å². The highest BCUT2D eigenvalue weighted by molar-refractivity contribution is 7.99. The maximum atomic E-state index is 10.2. The Morgan fingerprint density at radius 2 is 1.89 bits per heavy atom. The van der Waals surface area contributed by atoms with E-state index >= 15 is 0 Å². The van der Waals surface area contributed by atoms with E-state index in [1.165, 1.54) is 11.8 Å². The highest BCUT2D eigenvalue weighted by Crippen LogP contribution is 2.21. The van der Waals surface area contributed by atoms with Gasteiger partial charge in [0.1, 0.15) is 24.4 Å². The van der Waals surface area contributed by atoms with Crippen molar-refractivity contribution in [2.75, 3.05) is 19.5 Å². The van der Waals surface area contributed by atoms with Gasteiger partial charge in [0, 0.05) is 11.1 Å². The largest absolute Gasteiger partial charge is 0.497 e. The Morgan fingerprint density at radius 3 is 2.70 bits per heavy atom. The van der Waals surface area contributed by atoms with Crippen molar-refractivity contribution < 1.29 is 14.6 Å². The summed E-state index contributed by atoms with van der Waals surface area (Å²) in [6.45, 7) is 0.192. The van der Waals surface area contributed by atoms with Gasteiger partial charge in [-0.1, -0.05) is 23.9 Å². The van der Waals surface area contributed by atoms with Crippen LogP contribution in [0.4, 0.5) is 0 Å². The number of ether oxygens (including phenoxy) is 2. The lowest BCUT2D eigenvalue weighted by Crippen LogP contribution is -2.20. The number of thioether (sulfide) groups is 1. The topological polar surface area (TPSA) is 81.8 Å². The average Bonchev–Trinajstić information content (AvgIpc) is 3.15. The number of aliphatic hydroxyl groups excluding tert-OH is 1. The fourth-order valence-corrected chi connectivity index (χ4v) is 3.34. The molecule has 0 spiro atoms.